The molecule has 1 aromatic carbocycles. The molecule has 1 aliphatic carbocycles. The molecule has 0 spiro atoms. The number of carbonyl (C=O) groups is 4. The van der Waals surface area contributed by atoms with Crippen LogP contribution in [0.4, 0.5) is 14.5 Å². The lowest BCUT2D eigenvalue weighted by molar-refractivity contribution is -0.154. The van der Waals surface area contributed by atoms with Crippen molar-refractivity contribution in [1.29, 1.82) is 0 Å². The Hall–Kier alpha value is -3.10. The summed E-state index contributed by atoms with van der Waals surface area (Å²) in [6.45, 7) is 1.11. The van der Waals surface area contributed by atoms with E-state index in [-0.39, 0.29) is 36.6 Å². The highest BCUT2D eigenvalue weighted by Gasteiger charge is 2.47. The number of nitrogens with one attached hydrogen (secondary N) is 1. The molecule has 154 valence electrons. The molecule has 3 amide bonds. The van der Waals surface area contributed by atoms with Gasteiger partial charge in [-0.1, -0.05) is 18.2 Å². The highest BCUT2D eigenvalue weighted by Crippen LogP contribution is 2.35. The van der Waals surface area contributed by atoms with Gasteiger partial charge in [-0.15, -0.1) is 0 Å². The van der Waals surface area contributed by atoms with E-state index in [0.717, 1.165) is 23.1 Å². The first-order chi connectivity index (χ1) is 13.8. The fourth-order valence-electron chi connectivity index (χ4n) is 3.44. The first kappa shape index (κ1) is 20.6. The molecular weight excluding hydrogens is 386 g/mol. The van der Waals surface area contributed by atoms with E-state index in [1.165, 1.54) is 6.92 Å². The van der Waals surface area contributed by atoms with Crippen molar-refractivity contribution in [3.63, 3.8) is 0 Å². The molecule has 0 bridgehead atoms. The summed E-state index contributed by atoms with van der Waals surface area (Å²) in [5, 5.41) is 2.04. The molecule has 3 rings (SSSR count). The zero-order valence-corrected chi connectivity index (χ0v) is 15.7. The van der Waals surface area contributed by atoms with E-state index in [1.807, 2.05) is 17.5 Å². The SMILES string of the molecule is C[C@@H](OC(=O)CCN1C(=O)[C@H]2CC=CC[C@@H]2C1=O)C(=O)Nc1c(F)cccc1F. The summed E-state index contributed by atoms with van der Waals surface area (Å²) in [6.07, 6.45) is 3.13. The molecule has 0 unspecified atom stereocenters. The van der Waals surface area contributed by atoms with Crippen LogP contribution in [0.15, 0.2) is 30.4 Å². The first-order valence-corrected chi connectivity index (χ1v) is 9.24. The highest BCUT2D eigenvalue weighted by molar-refractivity contribution is 6.05. The van der Waals surface area contributed by atoms with Gasteiger partial charge in [-0.3, -0.25) is 24.1 Å². The fourth-order valence-corrected chi connectivity index (χ4v) is 3.44. The number of para-hydroxylation sites is 1. The number of allylic oxidation sites excluding steroid dienone is 2. The Morgan fingerprint density at radius 3 is 2.24 bits per heavy atom. The fraction of sp³-hybridized carbons (Fsp3) is 0.400. The summed E-state index contributed by atoms with van der Waals surface area (Å²) in [5.41, 5.74) is -0.634. The lowest BCUT2D eigenvalue weighted by atomic mass is 9.85. The Morgan fingerprint density at radius 2 is 1.69 bits per heavy atom. The second kappa shape index (κ2) is 8.50. The molecule has 1 saturated heterocycles. The van der Waals surface area contributed by atoms with Gasteiger partial charge in [0, 0.05) is 6.54 Å². The lowest BCUT2D eigenvalue weighted by Gasteiger charge is -2.16. The zero-order valence-electron chi connectivity index (χ0n) is 15.7. The van der Waals surface area contributed by atoms with Gasteiger partial charge in [0.15, 0.2) is 6.10 Å². The standard InChI is InChI=1S/C20H20F2N2O5/c1-11(18(26)23-17-14(21)7-4-8-15(17)22)29-16(25)9-10-24-19(27)12-5-2-3-6-13(12)20(24)28/h2-4,7-8,11-13H,5-6,9-10H2,1H3,(H,23,26)/t11-,12+,13+/m1/s1. The van der Waals surface area contributed by atoms with Crippen molar-refractivity contribution in [1.82, 2.24) is 4.90 Å². The van der Waals surface area contributed by atoms with Gasteiger partial charge >= 0.3 is 5.97 Å². The summed E-state index contributed by atoms with van der Waals surface area (Å²) >= 11 is 0. The molecule has 3 atom stereocenters. The predicted octanol–water partition coefficient (Wildman–Crippen LogP) is 2.18. The maximum atomic E-state index is 13.6. The third-order valence-electron chi connectivity index (χ3n) is 5.03. The predicted molar refractivity (Wildman–Crippen MR) is 97.2 cm³/mol. The largest absolute Gasteiger partial charge is 0.452 e. The molecule has 29 heavy (non-hydrogen) atoms. The minimum atomic E-state index is -1.32. The summed E-state index contributed by atoms with van der Waals surface area (Å²) < 4.78 is 32.1. The van der Waals surface area contributed by atoms with E-state index in [9.17, 15) is 28.0 Å². The van der Waals surface area contributed by atoms with Crippen LogP contribution in [0, 0.1) is 23.5 Å². The van der Waals surface area contributed by atoms with Crippen LogP contribution in [0.1, 0.15) is 26.2 Å². The van der Waals surface area contributed by atoms with Crippen molar-refractivity contribution in [2.24, 2.45) is 11.8 Å². The van der Waals surface area contributed by atoms with Crippen molar-refractivity contribution in [3.8, 4) is 0 Å². The maximum absolute atomic E-state index is 13.6. The van der Waals surface area contributed by atoms with Crippen LogP contribution in [0.25, 0.3) is 0 Å². The van der Waals surface area contributed by atoms with Crippen molar-refractivity contribution in [3.05, 3.63) is 42.0 Å². The highest BCUT2D eigenvalue weighted by atomic mass is 19.1. The molecule has 1 N–H and O–H groups in total. The Balaban J connectivity index is 1.51. The Bertz CT molecular complexity index is 839. The average Bonchev–Trinajstić information content (AvgIpc) is 2.93. The lowest BCUT2D eigenvalue weighted by Crippen LogP contribution is -2.35. The van der Waals surface area contributed by atoms with E-state index in [1.54, 1.807) is 0 Å². The number of rotatable bonds is 6. The van der Waals surface area contributed by atoms with Crippen LogP contribution < -0.4 is 5.32 Å². The monoisotopic (exact) mass is 406 g/mol. The van der Waals surface area contributed by atoms with Crippen molar-refractivity contribution >= 4 is 29.4 Å². The summed E-state index contributed by atoms with van der Waals surface area (Å²) in [7, 11) is 0. The van der Waals surface area contributed by atoms with E-state index in [4.69, 9.17) is 4.74 Å². The number of likely N-dealkylation sites (tertiary alicyclic amines) is 1. The summed E-state index contributed by atoms with van der Waals surface area (Å²) in [5.74, 6) is -5.02. The van der Waals surface area contributed by atoms with E-state index in [2.05, 4.69) is 0 Å². The number of carbonyl (C=O) groups excluding carboxylic acids is 4. The number of hydrogen-bond acceptors (Lipinski definition) is 5. The summed E-state index contributed by atoms with van der Waals surface area (Å²) in [4.78, 5) is 49.8. The van der Waals surface area contributed by atoms with Gasteiger partial charge in [0.1, 0.15) is 17.3 Å². The van der Waals surface area contributed by atoms with E-state index < -0.39 is 35.3 Å². The number of ether oxygens (including phenoxy) is 1. The molecular formula is C20H20F2N2O5. The van der Waals surface area contributed by atoms with Gasteiger partial charge in [0.2, 0.25) is 11.8 Å². The molecule has 0 aromatic heterocycles. The minimum absolute atomic E-state index is 0.139. The smallest absolute Gasteiger partial charge is 0.308 e. The van der Waals surface area contributed by atoms with Crippen LogP contribution in [0.3, 0.4) is 0 Å². The number of imide groups is 1. The molecule has 0 saturated carbocycles. The van der Waals surface area contributed by atoms with Crippen LogP contribution in [-0.2, 0) is 23.9 Å². The van der Waals surface area contributed by atoms with E-state index >= 15 is 0 Å². The molecule has 1 fully saturated rings. The number of esters is 1. The Morgan fingerprint density at radius 1 is 1.14 bits per heavy atom. The minimum Gasteiger partial charge on any atom is -0.452 e. The molecule has 2 aliphatic rings. The number of amides is 3. The van der Waals surface area contributed by atoms with Crippen molar-refractivity contribution in [2.45, 2.75) is 32.3 Å². The zero-order chi connectivity index (χ0) is 21.1. The van der Waals surface area contributed by atoms with Gasteiger partial charge in [-0.2, -0.15) is 0 Å². The molecule has 0 radical (unpaired) electrons. The topological polar surface area (TPSA) is 92.8 Å². The second-order valence-electron chi connectivity index (χ2n) is 6.95. The number of hydrogen-bond donors (Lipinski definition) is 1. The van der Waals surface area contributed by atoms with Crippen molar-refractivity contribution < 1.29 is 32.7 Å². The summed E-state index contributed by atoms with van der Waals surface area (Å²) in [6, 6.07) is 3.11. The van der Waals surface area contributed by atoms with Crippen molar-refractivity contribution in [2.75, 3.05) is 11.9 Å². The number of halogens is 2. The number of benzene rings is 1. The van der Waals surface area contributed by atoms with Gasteiger partial charge in [0.05, 0.1) is 18.3 Å². The normalized spacial score (nSPS) is 21.7. The average molecular weight is 406 g/mol. The van der Waals surface area contributed by atoms with Gasteiger partial charge in [-0.25, -0.2) is 8.78 Å². The molecule has 1 heterocycles. The van der Waals surface area contributed by atoms with Crippen LogP contribution in [0.5, 0.6) is 0 Å². The molecule has 1 aromatic rings. The molecule has 9 heteroatoms. The van der Waals surface area contributed by atoms with E-state index in [0.29, 0.717) is 12.8 Å². The second-order valence-corrected chi connectivity index (χ2v) is 6.95. The maximum Gasteiger partial charge on any atom is 0.308 e. The van der Waals surface area contributed by atoms with Gasteiger partial charge < -0.3 is 10.1 Å². The van der Waals surface area contributed by atoms with Gasteiger partial charge in [-0.05, 0) is 31.9 Å². The third-order valence-corrected chi connectivity index (χ3v) is 5.03. The Labute approximate surface area is 165 Å². The number of nitrogens with zero attached hydrogens (tertiary/aromatic N) is 1. The quantitative estimate of drug-likeness (QED) is 0.444. The Kier molecular flexibility index (Phi) is 6.05. The van der Waals surface area contributed by atoms with Crippen LogP contribution >= 0.6 is 0 Å². The molecule has 7 nitrogen and oxygen atoms in total. The molecule has 1 aliphatic heterocycles. The van der Waals surface area contributed by atoms with Gasteiger partial charge in [0.25, 0.3) is 5.91 Å². The van der Waals surface area contributed by atoms with Crippen LogP contribution in [0.2, 0.25) is 0 Å². The first-order valence-electron chi connectivity index (χ1n) is 9.24. The third kappa shape index (κ3) is 4.33. The number of fused-ring (bicyclic) bond motifs is 1. The number of anilines is 1. The van der Waals surface area contributed by atoms with Crippen LogP contribution in [-0.4, -0.2) is 41.2 Å².